The number of rotatable bonds is 4. The predicted molar refractivity (Wildman–Crippen MR) is 85.0 cm³/mol. The number of alkyl halides is 3. The fraction of sp³-hybridized carbons (Fsp3) is 0.188. The summed E-state index contributed by atoms with van der Waals surface area (Å²) in [4.78, 5) is 23.5. The molecule has 0 aliphatic heterocycles. The summed E-state index contributed by atoms with van der Waals surface area (Å²) in [7, 11) is 1.46. The van der Waals surface area contributed by atoms with Crippen LogP contribution in [-0.2, 0) is 12.7 Å². The first-order chi connectivity index (χ1) is 11.7. The summed E-state index contributed by atoms with van der Waals surface area (Å²) in [6, 6.07) is 9.37. The van der Waals surface area contributed by atoms with Crippen LogP contribution in [0.3, 0.4) is 0 Å². The first-order valence-electron chi connectivity index (χ1n) is 7.09. The Labute approximate surface area is 141 Å². The van der Waals surface area contributed by atoms with E-state index in [-0.39, 0.29) is 17.9 Å². The Kier molecular flexibility index (Phi) is 5.26. The maximum absolute atomic E-state index is 12.5. The number of non-ortho nitro benzene ring substituents is 1. The van der Waals surface area contributed by atoms with Gasteiger partial charge in [-0.05, 0) is 23.8 Å². The average Bonchev–Trinajstić information content (AvgIpc) is 2.54. The van der Waals surface area contributed by atoms with Gasteiger partial charge in [-0.25, -0.2) is 4.79 Å². The van der Waals surface area contributed by atoms with Crippen LogP contribution >= 0.6 is 0 Å². The van der Waals surface area contributed by atoms with E-state index >= 15 is 0 Å². The summed E-state index contributed by atoms with van der Waals surface area (Å²) in [5, 5.41) is 13.2. The molecule has 1 N–H and O–H groups in total. The molecule has 0 unspecified atom stereocenters. The summed E-state index contributed by atoms with van der Waals surface area (Å²) in [5.41, 5.74) is -0.161. The van der Waals surface area contributed by atoms with Crippen molar-refractivity contribution in [1.82, 2.24) is 4.90 Å². The molecule has 2 rings (SSSR count). The molecule has 0 fully saturated rings. The minimum absolute atomic E-state index is 0.0822. The van der Waals surface area contributed by atoms with Gasteiger partial charge in [0.2, 0.25) is 0 Å². The van der Waals surface area contributed by atoms with E-state index in [9.17, 15) is 28.1 Å². The summed E-state index contributed by atoms with van der Waals surface area (Å²) < 4.78 is 37.6. The predicted octanol–water partition coefficient (Wildman–Crippen LogP) is 4.28. The number of carbonyl (C=O) groups excluding carboxylic acids is 1. The molecule has 9 heteroatoms. The third-order valence-electron chi connectivity index (χ3n) is 3.36. The van der Waals surface area contributed by atoms with Gasteiger partial charge in [-0.2, -0.15) is 13.2 Å². The monoisotopic (exact) mass is 353 g/mol. The topological polar surface area (TPSA) is 75.5 Å². The largest absolute Gasteiger partial charge is 0.416 e. The van der Waals surface area contributed by atoms with Gasteiger partial charge in [0.25, 0.3) is 5.69 Å². The minimum atomic E-state index is -4.41. The Balaban J connectivity index is 2.00. The minimum Gasteiger partial charge on any atom is -0.323 e. The summed E-state index contributed by atoms with van der Waals surface area (Å²) in [6.07, 6.45) is -4.41. The van der Waals surface area contributed by atoms with E-state index in [2.05, 4.69) is 5.32 Å². The van der Waals surface area contributed by atoms with E-state index < -0.39 is 22.7 Å². The van der Waals surface area contributed by atoms with Crippen LogP contribution in [0, 0.1) is 10.1 Å². The smallest absolute Gasteiger partial charge is 0.323 e. The van der Waals surface area contributed by atoms with Gasteiger partial charge in [0.1, 0.15) is 0 Å². The van der Waals surface area contributed by atoms with Crippen molar-refractivity contribution in [2.75, 3.05) is 12.4 Å². The van der Waals surface area contributed by atoms with E-state index in [1.165, 1.54) is 48.3 Å². The molecule has 2 amide bonds. The quantitative estimate of drug-likeness (QED) is 0.658. The van der Waals surface area contributed by atoms with Crippen molar-refractivity contribution in [3.05, 3.63) is 69.8 Å². The SMILES string of the molecule is CN(Cc1ccc(C(F)(F)F)cc1)C(=O)Nc1cccc([N+](=O)[O-])c1. The van der Waals surface area contributed by atoms with Gasteiger partial charge in [-0.15, -0.1) is 0 Å². The third kappa shape index (κ3) is 4.93. The van der Waals surface area contributed by atoms with Crippen molar-refractivity contribution in [2.45, 2.75) is 12.7 Å². The maximum Gasteiger partial charge on any atom is 0.416 e. The Morgan fingerprint density at radius 3 is 2.40 bits per heavy atom. The zero-order chi connectivity index (χ0) is 18.6. The third-order valence-corrected chi connectivity index (χ3v) is 3.36. The van der Waals surface area contributed by atoms with Crippen LogP contribution < -0.4 is 5.32 Å². The fourth-order valence-electron chi connectivity index (χ4n) is 2.06. The molecular weight excluding hydrogens is 339 g/mol. The lowest BCUT2D eigenvalue weighted by atomic mass is 10.1. The van der Waals surface area contributed by atoms with Crippen LogP contribution in [0.25, 0.3) is 0 Å². The van der Waals surface area contributed by atoms with Crippen LogP contribution in [0.15, 0.2) is 48.5 Å². The van der Waals surface area contributed by atoms with E-state index in [0.29, 0.717) is 5.56 Å². The number of hydrogen-bond acceptors (Lipinski definition) is 3. The van der Waals surface area contributed by atoms with Crippen molar-refractivity contribution in [3.8, 4) is 0 Å². The number of nitro benzene ring substituents is 1. The summed E-state index contributed by atoms with van der Waals surface area (Å²) in [6.45, 7) is 0.0822. The second-order valence-electron chi connectivity index (χ2n) is 5.29. The highest BCUT2D eigenvalue weighted by Crippen LogP contribution is 2.29. The Morgan fingerprint density at radius 1 is 1.20 bits per heavy atom. The number of nitrogens with zero attached hydrogens (tertiary/aromatic N) is 2. The van der Waals surface area contributed by atoms with Crippen LogP contribution in [-0.4, -0.2) is 22.9 Å². The molecule has 0 aliphatic rings. The molecule has 2 aromatic rings. The highest BCUT2D eigenvalue weighted by atomic mass is 19.4. The number of carbonyl (C=O) groups is 1. The van der Waals surface area contributed by atoms with Crippen molar-refractivity contribution in [2.24, 2.45) is 0 Å². The van der Waals surface area contributed by atoms with E-state index in [4.69, 9.17) is 0 Å². The molecule has 132 valence electrons. The lowest BCUT2D eigenvalue weighted by Crippen LogP contribution is -2.30. The molecule has 25 heavy (non-hydrogen) atoms. The van der Waals surface area contributed by atoms with Crippen LogP contribution in [0.4, 0.5) is 29.3 Å². The molecule has 0 saturated heterocycles. The number of halogens is 3. The first kappa shape index (κ1) is 18.2. The Morgan fingerprint density at radius 2 is 1.84 bits per heavy atom. The molecule has 0 saturated carbocycles. The lowest BCUT2D eigenvalue weighted by molar-refractivity contribution is -0.384. The zero-order valence-electron chi connectivity index (χ0n) is 13.1. The summed E-state index contributed by atoms with van der Waals surface area (Å²) in [5.74, 6) is 0. The number of nitrogens with one attached hydrogen (secondary N) is 1. The standard InChI is InChI=1S/C16H14F3N3O3/c1-21(10-11-5-7-12(8-6-11)16(17,18)19)15(23)20-13-3-2-4-14(9-13)22(24)25/h2-9H,10H2,1H3,(H,20,23). The molecule has 0 spiro atoms. The number of anilines is 1. The van der Waals surface area contributed by atoms with Gasteiger partial charge in [0, 0.05) is 31.4 Å². The van der Waals surface area contributed by atoms with Crippen molar-refractivity contribution < 1.29 is 22.9 Å². The highest BCUT2D eigenvalue weighted by Gasteiger charge is 2.30. The van der Waals surface area contributed by atoms with Gasteiger partial charge in [0.05, 0.1) is 10.5 Å². The van der Waals surface area contributed by atoms with Crippen LogP contribution in [0.5, 0.6) is 0 Å². The van der Waals surface area contributed by atoms with Crippen LogP contribution in [0.2, 0.25) is 0 Å². The van der Waals surface area contributed by atoms with Gasteiger partial charge in [-0.1, -0.05) is 18.2 Å². The number of benzene rings is 2. The second-order valence-corrected chi connectivity index (χ2v) is 5.29. The van der Waals surface area contributed by atoms with Crippen molar-refractivity contribution in [3.63, 3.8) is 0 Å². The van der Waals surface area contributed by atoms with Crippen molar-refractivity contribution >= 4 is 17.4 Å². The van der Waals surface area contributed by atoms with E-state index in [1.54, 1.807) is 0 Å². The Hall–Kier alpha value is -3.10. The molecule has 0 atom stereocenters. The van der Waals surface area contributed by atoms with Crippen molar-refractivity contribution in [1.29, 1.82) is 0 Å². The number of nitro groups is 1. The highest BCUT2D eigenvalue weighted by molar-refractivity contribution is 5.89. The normalized spacial score (nSPS) is 11.0. The lowest BCUT2D eigenvalue weighted by Gasteiger charge is -2.18. The number of urea groups is 1. The van der Waals surface area contributed by atoms with Crippen LogP contribution in [0.1, 0.15) is 11.1 Å². The number of amides is 2. The molecule has 0 bridgehead atoms. The van der Waals surface area contributed by atoms with Gasteiger partial charge < -0.3 is 10.2 Å². The second kappa shape index (κ2) is 7.20. The molecule has 0 radical (unpaired) electrons. The fourth-order valence-corrected chi connectivity index (χ4v) is 2.06. The zero-order valence-corrected chi connectivity index (χ0v) is 13.1. The van der Waals surface area contributed by atoms with Gasteiger partial charge >= 0.3 is 12.2 Å². The molecule has 0 heterocycles. The molecule has 2 aromatic carbocycles. The summed E-state index contributed by atoms with van der Waals surface area (Å²) >= 11 is 0. The number of hydrogen-bond donors (Lipinski definition) is 1. The maximum atomic E-state index is 12.5. The first-order valence-corrected chi connectivity index (χ1v) is 7.09. The molecular formula is C16H14F3N3O3. The molecule has 0 aromatic heterocycles. The molecule has 0 aliphatic carbocycles. The van der Waals surface area contributed by atoms with E-state index in [0.717, 1.165) is 12.1 Å². The van der Waals surface area contributed by atoms with Gasteiger partial charge in [0.15, 0.2) is 0 Å². The Bertz CT molecular complexity index is 776. The van der Waals surface area contributed by atoms with E-state index in [1.807, 2.05) is 0 Å². The average molecular weight is 353 g/mol. The molecule has 6 nitrogen and oxygen atoms in total. The van der Waals surface area contributed by atoms with Gasteiger partial charge in [-0.3, -0.25) is 10.1 Å².